The summed E-state index contributed by atoms with van der Waals surface area (Å²) in [5.41, 5.74) is 5.29. The van der Waals surface area contributed by atoms with Crippen molar-refractivity contribution in [2.75, 3.05) is 0 Å². The van der Waals surface area contributed by atoms with E-state index in [1.807, 2.05) is 6.92 Å². The molecule has 1 amide bonds. The third kappa shape index (κ3) is 3.25. The Bertz CT molecular complexity index is 132. The van der Waals surface area contributed by atoms with E-state index in [-0.39, 0.29) is 11.9 Å². The van der Waals surface area contributed by atoms with Crippen molar-refractivity contribution in [2.24, 2.45) is 5.73 Å². The fraction of sp³-hybridized carbons (Fsp3) is 0.571. The van der Waals surface area contributed by atoms with E-state index in [1.165, 1.54) is 0 Å². The van der Waals surface area contributed by atoms with Gasteiger partial charge in [-0.25, -0.2) is 0 Å². The van der Waals surface area contributed by atoms with E-state index in [9.17, 15) is 4.79 Å². The molecule has 58 valence electrons. The molecule has 3 heteroatoms. The maximum Gasteiger partial charge on any atom is 0.237 e. The molecule has 0 fully saturated rings. The van der Waals surface area contributed by atoms with Crippen molar-refractivity contribution in [3.63, 3.8) is 0 Å². The van der Waals surface area contributed by atoms with Gasteiger partial charge in [0, 0.05) is 6.04 Å². The standard InChI is InChI=1S/C7H14N2O/c1-4-5(2)9-7(10)6(3)8/h4-6H,1,8H2,2-3H3,(H,9,10). The molecule has 0 bridgehead atoms. The van der Waals surface area contributed by atoms with Crippen LogP contribution in [0.15, 0.2) is 12.7 Å². The van der Waals surface area contributed by atoms with Crippen molar-refractivity contribution in [1.29, 1.82) is 0 Å². The number of carbonyl (C=O) groups excluding carboxylic acids is 1. The average molecular weight is 142 g/mol. The van der Waals surface area contributed by atoms with Crippen LogP contribution in [0.5, 0.6) is 0 Å². The van der Waals surface area contributed by atoms with E-state index in [4.69, 9.17) is 5.73 Å². The lowest BCUT2D eigenvalue weighted by Gasteiger charge is -2.10. The fourth-order valence-electron chi connectivity index (χ4n) is 0.415. The summed E-state index contributed by atoms with van der Waals surface area (Å²) in [4.78, 5) is 10.8. The van der Waals surface area contributed by atoms with E-state index >= 15 is 0 Å². The number of hydrogen-bond donors (Lipinski definition) is 2. The van der Waals surface area contributed by atoms with Gasteiger partial charge in [-0.1, -0.05) is 6.08 Å². The van der Waals surface area contributed by atoms with Gasteiger partial charge in [0.15, 0.2) is 0 Å². The summed E-state index contributed by atoms with van der Waals surface area (Å²) in [6.45, 7) is 7.00. The van der Waals surface area contributed by atoms with Crippen LogP contribution < -0.4 is 11.1 Å². The number of amides is 1. The molecule has 0 aromatic carbocycles. The molecule has 0 aromatic heterocycles. The lowest BCUT2D eigenvalue weighted by atomic mass is 10.3. The highest BCUT2D eigenvalue weighted by Crippen LogP contribution is 1.83. The molecule has 0 spiro atoms. The molecule has 2 atom stereocenters. The minimum atomic E-state index is -0.442. The van der Waals surface area contributed by atoms with E-state index in [1.54, 1.807) is 13.0 Å². The normalized spacial score (nSPS) is 15.5. The number of carbonyl (C=O) groups is 1. The van der Waals surface area contributed by atoms with Gasteiger partial charge < -0.3 is 11.1 Å². The summed E-state index contributed by atoms with van der Waals surface area (Å²) in [6.07, 6.45) is 1.65. The van der Waals surface area contributed by atoms with E-state index in [0.717, 1.165) is 0 Å². The summed E-state index contributed by atoms with van der Waals surface area (Å²) >= 11 is 0. The zero-order valence-electron chi connectivity index (χ0n) is 6.42. The molecule has 0 heterocycles. The van der Waals surface area contributed by atoms with Gasteiger partial charge >= 0.3 is 0 Å². The lowest BCUT2D eigenvalue weighted by Crippen LogP contribution is -2.41. The largest absolute Gasteiger partial charge is 0.349 e. The molecule has 2 unspecified atom stereocenters. The molecular formula is C7H14N2O. The molecule has 0 aliphatic rings. The third-order valence-corrected chi connectivity index (χ3v) is 1.14. The molecule has 0 aromatic rings. The van der Waals surface area contributed by atoms with Gasteiger partial charge in [0.2, 0.25) is 5.91 Å². The van der Waals surface area contributed by atoms with Crippen LogP contribution in [-0.4, -0.2) is 18.0 Å². The van der Waals surface area contributed by atoms with Crippen LogP contribution in [-0.2, 0) is 4.79 Å². The van der Waals surface area contributed by atoms with Crippen molar-refractivity contribution in [3.05, 3.63) is 12.7 Å². The Balaban J connectivity index is 3.68. The minimum absolute atomic E-state index is 0.00139. The first-order chi connectivity index (χ1) is 4.57. The lowest BCUT2D eigenvalue weighted by molar-refractivity contribution is -0.122. The second kappa shape index (κ2) is 4.06. The Morgan fingerprint density at radius 2 is 2.20 bits per heavy atom. The molecule has 10 heavy (non-hydrogen) atoms. The minimum Gasteiger partial charge on any atom is -0.349 e. The van der Waals surface area contributed by atoms with Crippen LogP contribution in [0.4, 0.5) is 0 Å². The molecule has 0 rings (SSSR count). The summed E-state index contributed by atoms with van der Waals surface area (Å²) in [7, 11) is 0. The number of rotatable bonds is 3. The SMILES string of the molecule is C=CC(C)NC(=O)C(C)N. The Morgan fingerprint density at radius 3 is 2.50 bits per heavy atom. The summed E-state index contributed by atoms with van der Waals surface area (Å²) < 4.78 is 0. The Kier molecular flexibility index (Phi) is 3.72. The van der Waals surface area contributed by atoms with Crippen LogP contribution in [0, 0.1) is 0 Å². The van der Waals surface area contributed by atoms with Crippen molar-refractivity contribution in [3.8, 4) is 0 Å². The molecule has 3 N–H and O–H groups in total. The van der Waals surface area contributed by atoms with Gasteiger partial charge in [0.1, 0.15) is 0 Å². The molecule has 0 saturated heterocycles. The van der Waals surface area contributed by atoms with Gasteiger partial charge in [0.05, 0.1) is 6.04 Å². The van der Waals surface area contributed by atoms with Crippen molar-refractivity contribution in [2.45, 2.75) is 25.9 Å². The van der Waals surface area contributed by atoms with E-state index < -0.39 is 6.04 Å². The zero-order valence-corrected chi connectivity index (χ0v) is 6.42. The third-order valence-electron chi connectivity index (χ3n) is 1.14. The Morgan fingerprint density at radius 1 is 1.70 bits per heavy atom. The Labute approximate surface area is 61.3 Å². The van der Waals surface area contributed by atoms with Crippen molar-refractivity contribution in [1.82, 2.24) is 5.32 Å². The van der Waals surface area contributed by atoms with Gasteiger partial charge in [-0.3, -0.25) is 4.79 Å². The van der Waals surface area contributed by atoms with Crippen LogP contribution in [0.1, 0.15) is 13.8 Å². The van der Waals surface area contributed by atoms with E-state index in [2.05, 4.69) is 11.9 Å². The highest BCUT2D eigenvalue weighted by molar-refractivity contribution is 5.81. The number of nitrogens with one attached hydrogen (secondary N) is 1. The van der Waals surface area contributed by atoms with Gasteiger partial charge in [-0.15, -0.1) is 6.58 Å². The quantitative estimate of drug-likeness (QED) is 0.546. The maximum absolute atomic E-state index is 10.8. The van der Waals surface area contributed by atoms with Crippen LogP contribution >= 0.6 is 0 Å². The molecule has 0 aliphatic heterocycles. The van der Waals surface area contributed by atoms with Crippen LogP contribution in [0.3, 0.4) is 0 Å². The van der Waals surface area contributed by atoms with Crippen LogP contribution in [0.25, 0.3) is 0 Å². The monoisotopic (exact) mass is 142 g/mol. The summed E-state index contributed by atoms with van der Waals surface area (Å²) in [5.74, 6) is -0.146. The maximum atomic E-state index is 10.8. The molecule has 0 saturated carbocycles. The van der Waals surface area contributed by atoms with Gasteiger partial charge in [-0.05, 0) is 13.8 Å². The smallest absolute Gasteiger partial charge is 0.237 e. The first-order valence-electron chi connectivity index (χ1n) is 3.26. The number of hydrogen-bond acceptors (Lipinski definition) is 2. The molecule has 3 nitrogen and oxygen atoms in total. The number of nitrogens with two attached hydrogens (primary N) is 1. The molecule has 0 radical (unpaired) electrons. The second-order valence-corrected chi connectivity index (χ2v) is 2.32. The highest BCUT2D eigenvalue weighted by atomic mass is 16.2. The second-order valence-electron chi connectivity index (χ2n) is 2.32. The first-order valence-corrected chi connectivity index (χ1v) is 3.26. The predicted octanol–water partition coefficient (Wildman–Crippen LogP) is 0.0243. The summed E-state index contributed by atoms with van der Waals surface area (Å²) in [5, 5.41) is 2.65. The zero-order chi connectivity index (χ0) is 8.15. The van der Waals surface area contributed by atoms with Gasteiger partial charge in [-0.2, -0.15) is 0 Å². The molecular weight excluding hydrogens is 128 g/mol. The fourth-order valence-corrected chi connectivity index (χ4v) is 0.415. The highest BCUT2D eigenvalue weighted by Gasteiger charge is 2.07. The van der Waals surface area contributed by atoms with Crippen molar-refractivity contribution >= 4 is 5.91 Å². The summed E-state index contributed by atoms with van der Waals surface area (Å²) in [6, 6.07) is -0.444. The Hall–Kier alpha value is -0.830. The first kappa shape index (κ1) is 9.17. The van der Waals surface area contributed by atoms with Crippen molar-refractivity contribution < 1.29 is 4.79 Å². The molecule has 0 aliphatic carbocycles. The van der Waals surface area contributed by atoms with Gasteiger partial charge in [0.25, 0.3) is 0 Å². The van der Waals surface area contributed by atoms with E-state index in [0.29, 0.717) is 0 Å². The topological polar surface area (TPSA) is 55.1 Å². The van der Waals surface area contributed by atoms with Crippen LogP contribution in [0.2, 0.25) is 0 Å². The predicted molar refractivity (Wildman–Crippen MR) is 41.5 cm³/mol. The average Bonchev–Trinajstić information content (AvgIpc) is 1.87.